The monoisotopic (exact) mass is 319 g/mol. The largest absolute Gasteiger partial charge is 0.435 e. The maximum atomic E-state index is 12.0. The molecular weight excluding hydrogens is 308 g/mol. The molecule has 7 heteroatoms. The van der Waals surface area contributed by atoms with Crippen molar-refractivity contribution in [1.29, 1.82) is 0 Å². The molecule has 0 saturated carbocycles. The second-order valence-electron chi connectivity index (χ2n) is 4.30. The third-order valence-corrected chi connectivity index (χ3v) is 3.71. The Labute approximate surface area is 129 Å². The van der Waals surface area contributed by atoms with Crippen LogP contribution in [0.1, 0.15) is 5.56 Å². The maximum Gasteiger partial charge on any atom is 0.387 e. The molecule has 0 spiro atoms. The molecule has 0 bridgehead atoms. The Morgan fingerprint density at radius 3 is 2.64 bits per heavy atom. The molecule has 0 amide bonds. The molecule has 22 heavy (non-hydrogen) atoms. The highest BCUT2D eigenvalue weighted by atomic mass is 32.1. The summed E-state index contributed by atoms with van der Waals surface area (Å²) in [4.78, 5) is 4.38. The molecule has 0 aliphatic rings. The number of alkyl halides is 2. The van der Waals surface area contributed by atoms with Gasteiger partial charge in [0.15, 0.2) is 0 Å². The summed E-state index contributed by atoms with van der Waals surface area (Å²) in [5, 5.41) is 4.77. The molecular formula is C15H11F2N3OS. The summed E-state index contributed by atoms with van der Waals surface area (Å²) < 4.78 is 29.4. The third kappa shape index (κ3) is 3.56. The lowest BCUT2D eigenvalue weighted by Crippen LogP contribution is -2.01. The van der Waals surface area contributed by atoms with Crippen LogP contribution < -0.4 is 10.2 Å². The van der Waals surface area contributed by atoms with E-state index >= 15 is 0 Å². The van der Waals surface area contributed by atoms with E-state index in [1.807, 2.05) is 24.3 Å². The van der Waals surface area contributed by atoms with E-state index in [0.29, 0.717) is 5.13 Å². The average molecular weight is 319 g/mol. The Hall–Kier alpha value is -2.54. The number of rotatable bonds is 5. The minimum Gasteiger partial charge on any atom is -0.435 e. The molecule has 0 fully saturated rings. The summed E-state index contributed by atoms with van der Waals surface area (Å²) in [5.74, 6) is 0.117. The number of nitrogens with zero attached hydrogens (tertiary/aromatic N) is 2. The number of thiazole rings is 1. The number of ether oxygens (including phenoxy) is 1. The summed E-state index contributed by atoms with van der Waals surface area (Å²) in [5.41, 5.74) is 4.53. The molecule has 2 aromatic carbocycles. The van der Waals surface area contributed by atoms with Crippen LogP contribution in [0.5, 0.6) is 5.75 Å². The Balaban J connectivity index is 1.64. The molecule has 112 valence electrons. The fraction of sp³-hybridized carbons (Fsp3) is 0.0667. The van der Waals surface area contributed by atoms with Crippen LogP contribution in [0.3, 0.4) is 0 Å². The van der Waals surface area contributed by atoms with Crippen molar-refractivity contribution in [2.24, 2.45) is 5.10 Å². The molecule has 0 saturated heterocycles. The molecule has 4 nitrogen and oxygen atoms in total. The van der Waals surface area contributed by atoms with E-state index in [4.69, 9.17) is 0 Å². The molecule has 3 rings (SSSR count). The smallest absolute Gasteiger partial charge is 0.387 e. The minimum absolute atomic E-state index is 0.117. The lowest BCUT2D eigenvalue weighted by Gasteiger charge is -2.03. The van der Waals surface area contributed by atoms with E-state index in [1.165, 1.54) is 23.5 Å². The zero-order valence-corrected chi connectivity index (χ0v) is 12.1. The number of benzene rings is 2. The third-order valence-electron chi connectivity index (χ3n) is 2.77. The molecule has 0 radical (unpaired) electrons. The van der Waals surface area contributed by atoms with Crippen molar-refractivity contribution < 1.29 is 13.5 Å². The predicted molar refractivity (Wildman–Crippen MR) is 83.9 cm³/mol. The van der Waals surface area contributed by atoms with Crippen molar-refractivity contribution in [3.63, 3.8) is 0 Å². The number of hydrogen-bond donors (Lipinski definition) is 1. The van der Waals surface area contributed by atoms with Gasteiger partial charge in [0.1, 0.15) is 5.75 Å². The van der Waals surface area contributed by atoms with Crippen molar-refractivity contribution in [3.8, 4) is 5.75 Å². The number of fused-ring (bicyclic) bond motifs is 1. The zero-order chi connectivity index (χ0) is 15.4. The Bertz CT molecular complexity index is 754. The molecule has 1 aromatic heterocycles. The highest BCUT2D eigenvalue weighted by Crippen LogP contribution is 2.25. The van der Waals surface area contributed by atoms with Gasteiger partial charge in [-0.25, -0.2) is 4.98 Å². The van der Waals surface area contributed by atoms with Crippen LogP contribution in [0.4, 0.5) is 13.9 Å². The average Bonchev–Trinajstić information content (AvgIpc) is 2.91. The normalized spacial score (nSPS) is 11.4. The fourth-order valence-electron chi connectivity index (χ4n) is 1.82. The molecule has 1 N–H and O–H groups in total. The first-order chi connectivity index (χ1) is 10.7. The van der Waals surface area contributed by atoms with Crippen molar-refractivity contribution in [3.05, 3.63) is 54.1 Å². The van der Waals surface area contributed by atoms with Crippen LogP contribution in [-0.4, -0.2) is 17.8 Å². The van der Waals surface area contributed by atoms with Crippen LogP contribution in [0.2, 0.25) is 0 Å². The first-order valence-corrected chi connectivity index (χ1v) is 7.22. The van der Waals surface area contributed by atoms with Crippen molar-refractivity contribution in [2.45, 2.75) is 6.61 Å². The van der Waals surface area contributed by atoms with Gasteiger partial charge in [-0.15, -0.1) is 0 Å². The Morgan fingerprint density at radius 2 is 1.91 bits per heavy atom. The number of nitrogens with one attached hydrogen (secondary N) is 1. The summed E-state index contributed by atoms with van der Waals surface area (Å²) >= 11 is 1.50. The number of hydrogen-bond acceptors (Lipinski definition) is 5. The number of halogens is 2. The van der Waals surface area contributed by atoms with Gasteiger partial charge in [-0.1, -0.05) is 23.5 Å². The summed E-state index contributed by atoms with van der Waals surface area (Å²) in [6.07, 6.45) is 1.58. The van der Waals surface area contributed by atoms with E-state index in [0.717, 1.165) is 15.8 Å². The lowest BCUT2D eigenvalue weighted by atomic mass is 10.2. The van der Waals surface area contributed by atoms with Gasteiger partial charge in [-0.05, 0) is 42.0 Å². The predicted octanol–water partition coefficient (Wildman–Crippen LogP) is 4.34. The molecule has 1 heterocycles. The molecule has 0 unspecified atom stereocenters. The lowest BCUT2D eigenvalue weighted by molar-refractivity contribution is -0.0498. The summed E-state index contributed by atoms with van der Waals surface area (Å²) in [6, 6.07) is 14.0. The quantitative estimate of drug-likeness (QED) is 0.562. The van der Waals surface area contributed by atoms with E-state index < -0.39 is 6.61 Å². The van der Waals surface area contributed by atoms with Gasteiger partial charge in [0, 0.05) is 0 Å². The highest BCUT2D eigenvalue weighted by Gasteiger charge is 2.03. The van der Waals surface area contributed by atoms with Crippen LogP contribution in [-0.2, 0) is 0 Å². The highest BCUT2D eigenvalue weighted by molar-refractivity contribution is 7.22. The summed E-state index contributed by atoms with van der Waals surface area (Å²) in [7, 11) is 0. The van der Waals surface area contributed by atoms with Crippen molar-refractivity contribution in [2.75, 3.05) is 5.43 Å². The van der Waals surface area contributed by atoms with Crippen LogP contribution in [0, 0.1) is 0 Å². The molecule has 0 aliphatic heterocycles. The van der Waals surface area contributed by atoms with E-state index in [2.05, 4.69) is 20.2 Å². The van der Waals surface area contributed by atoms with Gasteiger partial charge in [-0.2, -0.15) is 13.9 Å². The van der Waals surface area contributed by atoms with Gasteiger partial charge < -0.3 is 4.74 Å². The van der Waals surface area contributed by atoms with Crippen molar-refractivity contribution in [1.82, 2.24) is 4.98 Å². The Kier molecular flexibility index (Phi) is 4.24. The zero-order valence-electron chi connectivity index (χ0n) is 11.2. The number of anilines is 1. The maximum absolute atomic E-state index is 12.0. The fourth-order valence-corrected chi connectivity index (χ4v) is 2.63. The molecule has 0 atom stereocenters. The second kappa shape index (κ2) is 6.48. The standard InChI is InChI=1S/C15H11F2N3OS/c16-14(17)21-11-7-5-10(6-8-11)9-18-20-15-19-12-3-1-2-4-13(12)22-15/h1-9,14H,(H,19,20)/b18-9-. The Morgan fingerprint density at radius 1 is 1.14 bits per heavy atom. The first kappa shape index (κ1) is 14.4. The first-order valence-electron chi connectivity index (χ1n) is 6.40. The van der Waals surface area contributed by atoms with E-state index in [9.17, 15) is 8.78 Å². The van der Waals surface area contributed by atoms with Crippen LogP contribution >= 0.6 is 11.3 Å². The summed E-state index contributed by atoms with van der Waals surface area (Å²) in [6.45, 7) is -2.82. The van der Waals surface area contributed by atoms with Gasteiger partial charge in [0.2, 0.25) is 5.13 Å². The SMILES string of the molecule is FC(F)Oc1ccc(/C=N\Nc2nc3ccccc3s2)cc1. The number of aromatic nitrogens is 1. The number of hydrazone groups is 1. The van der Waals surface area contributed by atoms with Crippen LogP contribution in [0.25, 0.3) is 10.2 Å². The van der Waals surface area contributed by atoms with E-state index in [1.54, 1.807) is 18.3 Å². The van der Waals surface area contributed by atoms with Gasteiger partial charge >= 0.3 is 6.61 Å². The molecule has 0 aliphatic carbocycles. The topological polar surface area (TPSA) is 46.5 Å². The minimum atomic E-state index is -2.82. The van der Waals surface area contributed by atoms with Crippen molar-refractivity contribution >= 4 is 32.9 Å². The van der Waals surface area contributed by atoms with Gasteiger partial charge in [0.25, 0.3) is 0 Å². The number of para-hydroxylation sites is 1. The van der Waals surface area contributed by atoms with Crippen LogP contribution in [0.15, 0.2) is 53.6 Å². The van der Waals surface area contributed by atoms with Gasteiger partial charge in [-0.3, -0.25) is 5.43 Å². The van der Waals surface area contributed by atoms with Gasteiger partial charge in [0.05, 0.1) is 16.4 Å². The van der Waals surface area contributed by atoms with E-state index in [-0.39, 0.29) is 5.75 Å². The second-order valence-corrected chi connectivity index (χ2v) is 5.33. The molecule has 3 aromatic rings.